The summed E-state index contributed by atoms with van der Waals surface area (Å²) < 4.78 is 1.34. The van der Waals surface area contributed by atoms with Gasteiger partial charge in [-0.2, -0.15) is 0 Å². The van der Waals surface area contributed by atoms with E-state index in [1.54, 1.807) is 0 Å². The molecule has 3 aromatic heterocycles. The molecule has 0 unspecified atom stereocenters. The van der Waals surface area contributed by atoms with Gasteiger partial charge in [-0.1, -0.05) is 13.8 Å². The first kappa shape index (κ1) is 16.8. The molecule has 1 N–H and O–H groups in total. The molecule has 0 fully saturated rings. The minimum Gasteiger partial charge on any atom is -0.300 e. The quantitative estimate of drug-likeness (QED) is 0.772. The van der Waals surface area contributed by atoms with Crippen LogP contribution in [-0.4, -0.2) is 20.4 Å². The van der Waals surface area contributed by atoms with Crippen molar-refractivity contribution in [3.63, 3.8) is 0 Å². The highest BCUT2D eigenvalue weighted by Gasteiger charge is 2.14. The van der Waals surface area contributed by atoms with Gasteiger partial charge in [0.2, 0.25) is 5.91 Å². The Morgan fingerprint density at radius 3 is 2.79 bits per heavy atom. The molecule has 0 spiro atoms. The number of hydrogen-bond acceptors (Lipinski definition) is 6. The topological polar surface area (TPSA) is 76.9 Å². The fourth-order valence-electron chi connectivity index (χ4n) is 2.30. The molecule has 3 aromatic rings. The highest BCUT2D eigenvalue weighted by atomic mass is 32.1. The summed E-state index contributed by atoms with van der Waals surface area (Å²) in [5, 5.41) is 5.82. The lowest BCUT2D eigenvalue weighted by Gasteiger charge is -2.05. The van der Waals surface area contributed by atoms with Crippen molar-refractivity contribution in [2.45, 2.75) is 40.2 Å². The number of rotatable bonds is 4. The van der Waals surface area contributed by atoms with E-state index >= 15 is 0 Å². The number of anilines is 1. The predicted octanol–water partition coefficient (Wildman–Crippen LogP) is 3.29. The number of carbonyl (C=O) groups is 1. The van der Waals surface area contributed by atoms with Gasteiger partial charge in [0.25, 0.3) is 5.56 Å². The number of amides is 1. The average molecular weight is 362 g/mol. The van der Waals surface area contributed by atoms with Gasteiger partial charge >= 0.3 is 0 Å². The van der Waals surface area contributed by atoms with Crippen molar-refractivity contribution in [1.29, 1.82) is 0 Å². The molecule has 0 radical (unpaired) electrons. The number of thiophene rings is 1. The van der Waals surface area contributed by atoms with E-state index in [-0.39, 0.29) is 18.0 Å². The van der Waals surface area contributed by atoms with Crippen molar-refractivity contribution in [2.75, 3.05) is 5.32 Å². The normalized spacial score (nSPS) is 11.4. The van der Waals surface area contributed by atoms with Crippen LogP contribution in [-0.2, 0) is 11.3 Å². The Labute approximate surface area is 147 Å². The van der Waals surface area contributed by atoms with E-state index in [9.17, 15) is 9.59 Å². The number of nitrogens with one attached hydrogen (secondary N) is 1. The summed E-state index contributed by atoms with van der Waals surface area (Å²) in [6.45, 7) is 7.89. The molecular formula is C16H18N4O2S2. The molecule has 3 heterocycles. The molecule has 0 aromatic carbocycles. The largest absolute Gasteiger partial charge is 0.300 e. The fourth-order valence-corrected chi connectivity index (χ4v) is 4.18. The van der Waals surface area contributed by atoms with Crippen LogP contribution in [0.3, 0.4) is 0 Å². The standard InChI is InChI=1S/C16H18N4O2S2/c1-8(2)11-6-23-16(18-11)19-12(21)5-20-7-17-14-13(15(20)22)9(3)10(4)24-14/h6-8H,5H2,1-4H3,(H,18,19,21). The van der Waals surface area contributed by atoms with Crippen LogP contribution in [0.15, 0.2) is 16.5 Å². The summed E-state index contributed by atoms with van der Waals surface area (Å²) in [4.78, 5) is 35.2. The summed E-state index contributed by atoms with van der Waals surface area (Å²) >= 11 is 2.88. The zero-order valence-electron chi connectivity index (χ0n) is 13.9. The second kappa shape index (κ2) is 6.45. The number of aromatic nitrogens is 3. The first-order chi connectivity index (χ1) is 11.4. The summed E-state index contributed by atoms with van der Waals surface area (Å²) in [5.74, 6) is 0.0263. The van der Waals surface area contributed by atoms with E-state index in [4.69, 9.17) is 0 Å². The first-order valence-corrected chi connectivity index (χ1v) is 9.27. The van der Waals surface area contributed by atoms with E-state index < -0.39 is 0 Å². The Bertz CT molecular complexity index is 968. The van der Waals surface area contributed by atoms with E-state index in [0.29, 0.717) is 21.3 Å². The smallest absolute Gasteiger partial charge is 0.262 e. The van der Waals surface area contributed by atoms with E-state index in [0.717, 1.165) is 16.1 Å². The van der Waals surface area contributed by atoms with Crippen molar-refractivity contribution in [3.05, 3.63) is 38.2 Å². The number of thiazole rings is 1. The minimum absolute atomic E-state index is 0.0767. The molecule has 0 saturated carbocycles. The maximum atomic E-state index is 12.6. The van der Waals surface area contributed by atoms with Gasteiger partial charge in [-0.3, -0.25) is 14.2 Å². The lowest BCUT2D eigenvalue weighted by atomic mass is 10.2. The van der Waals surface area contributed by atoms with E-state index in [2.05, 4.69) is 15.3 Å². The maximum absolute atomic E-state index is 12.6. The van der Waals surface area contributed by atoms with Crippen LogP contribution < -0.4 is 10.9 Å². The van der Waals surface area contributed by atoms with Gasteiger partial charge in [-0.25, -0.2) is 9.97 Å². The zero-order valence-corrected chi connectivity index (χ0v) is 15.5. The summed E-state index contributed by atoms with van der Waals surface area (Å²) in [7, 11) is 0. The third-order valence-electron chi connectivity index (χ3n) is 3.83. The van der Waals surface area contributed by atoms with Crippen molar-refractivity contribution in [1.82, 2.24) is 14.5 Å². The lowest BCUT2D eigenvalue weighted by Crippen LogP contribution is -2.27. The second-order valence-corrected chi connectivity index (χ2v) is 7.98. The molecule has 8 heteroatoms. The van der Waals surface area contributed by atoms with Crippen LogP contribution in [0, 0.1) is 13.8 Å². The SMILES string of the molecule is Cc1sc2ncn(CC(=O)Nc3nc(C(C)C)cs3)c(=O)c2c1C. The number of nitrogens with zero attached hydrogens (tertiary/aromatic N) is 3. The molecule has 0 bridgehead atoms. The fraction of sp³-hybridized carbons (Fsp3) is 0.375. The van der Waals surface area contributed by atoms with Crippen LogP contribution in [0.4, 0.5) is 5.13 Å². The minimum atomic E-state index is -0.285. The van der Waals surface area contributed by atoms with Gasteiger partial charge in [0.05, 0.1) is 17.4 Å². The molecular weight excluding hydrogens is 344 g/mol. The number of carbonyl (C=O) groups excluding carboxylic acids is 1. The molecule has 0 atom stereocenters. The molecule has 24 heavy (non-hydrogen) atoms. The van der Waals surface area contributed by atoms with Crippen LogP contribution in [0.5, 0.6) is 0 Å². The van der Waals surface area contributed by atoms with Gasteiger partial charge in [0.1, 0.15) is 11.4 Å². The molecule has 0 saturated heterocycles. The Balaban J connectivity index is 1.81. The molecule has 1 amide bonds. The Morgan fingerprint density at radius 2 is 2.12 bits per heavy atom. The van der Waals surface area contributed by atoms with E-state index in [1.807, 2.05) is 33.1 Å². The number of fused-ring (bicyclic) bond motifs is 1. The van der Waals surface area contributed by atoms with Gasteiger partial charge in [0, 0.05) is 10.3 Å². The molecule has 3 rings (SSSR count). The van der Waals surface area contributed by atoms with Crippen molar-refractivity contribution in [2.24, 2.45) is 0 Å². The predicted molar refractivity (Wildman–Crippen MR) is 98.2 cm³/mol. The zero-order chi connectivity index (χ0) is 17.4. The van der Waals surface area contributed by atoms with Crippen LogP contribution in [0.2, 0.25) is 0 Å². The molecule has 0 aliphatic rings. The lowest BCUT2D eigenvalue weighted by molar-refractivity contribution is -0.116. The average Bonchev–Trinajstić information content (AvgIpc) is 3.08. The molecule has 0 aliphatic heterocycles. The Kier molecular flexibility index (Phi) is 4.51. The van der Waals surface area contributed by atoms with Crippen LogP contribution in [0.1, 0.15) is 35.9 Å². The second-order valence-electron chi connectivity index (χ2n) is 5.92. The van der Waals surface area contributed by atoms with E-state index in [1.165, 1.54) is 33.6 Å². The third kappa shape index (κ3) is 3.11. The Morgan fingerprint density at radius 1 is 1.38 bits per heavy atom. The van der Waals surface area contributed by atoms with Gasteiger partial charge in [0.15, 0.2) is 5.13 Å². The van der Waals surface area contributed by atoms with Crippen LogP contribution >= 0.6 is 22.7 Å². The maximum Gasteiger partial charge on any atom is 0.262 e. The highest BCUT2D eigenvalue weighted by Crippen LogP contribution is 2.25. The summed E-state index contributed by atoms with van der Waals surface area (Å²) in [6.07, 6.45) is 1.43. The molecule has 126 valence electrons. The van der Waals surface area contributed by atoms with Crippen molar-refractivity contribution >= 4 is 43.9 Å². The van der Waals surface area contributed by atoms with Gasteiger partial charge < -0.3 is 5.32 Å². The number of hydrogen-bond donors (Lipinski definition) is 1. The monoisotopic (exact) mass is 362 g/mol. The molecule has 6 nitrogen and oxygen atoms in total. The van der Waals surface area contributed by atoms with Crippen LogP contribution in [0.25, 0.3) is 10.2 Å². The van der Waals surface area contributed by atoms with Gasteiger partial charge in [-0.05, 0) is 25.3 Å². The summed E-state index contributed by atoms with van der Waals surface area (Å²) in [5.41, 5.74) is 1.70. The van der Waals surface area contributed by atoms with Crippen molar-refractivity contribution in [3.8, 4) is 0 Å². The third-order valence-corrected chi connectivity index (χ3v) is 5.72. The van der Waals surface area contributed by atoms with Gasteiger partial charge in [-0.15, -0.1) is 22.7 Å². The Hall–Kier alpha value is -2.06. The molecule has 0 aliphatic carbocycles. The summed E-state index contributed by atoms with van der Waals surface area (Å²) in [6, 6.07) is 0. The van der Waals surface area contributed by atoms with Crippen molar-refractivity contribution < 1.29 is 4.79 Å². The number of aryl methyl sites for hydroxylation is 2. The first-order valence-electron chi connectivity index (χ1n) is 7.57. The highest BCUT2D eigenvalue weighted by molar-refractivity contribution is 7.18.